The van der Waals surface area contributed by atoms with Gasteiger partial charge in [-0.1, -0.05) is 0 Å². The number of nitrogens with two attached hydrogens (primary N) is 1. The van der Waals surface area contributed by atoms with Crippen molar-refractivity contribution >= 4 is 23.8 Å². The van der Waals surface area contributed by atoms with Gasteiger partial charge in [0.05, 0.1) is 6.54 Å². The lowest BCUT2D eigenvalue weighted by molar-refractivity contribution is -0.127. The quantitative estimate of drug-likeness (QED) is 0.769. The van der Waals surface area contributed by atoms with Gasteiger partial charge in [0.15, 0.2) is 0 Å². The van der Waals surface area contributed by atoms with Crippen molar-refractivity contribution in [1.29, 1.82) is 0 Å². The van der Waals surface area contributed by atoms with Gasteiger partial charge in [0, 0.05) is 33.7 Å². The predicted molar refractivity (Wildman–Crippen MR) is 84.4 cm³/mol. The molecule has 0 fully saturated rings. The fourth-order valence-corrected chi connectivity index (χ4v) is 1.79. The highest BCUT2D eigenvalue weighted by Crippen LogP contribution is 2.15. The zero-order valence-corrected chi connectivity index (χ0v) is 13.5. The number of anilines is 3. The third kappa shape index (κ3) is 4.44. The molecule has 0 radical (unpaired) electrons. The van der Waals surface area contributed by atoms with E-state index in [2.05, 4.69) is 15.0 Å². The van der Waals surface area contributed by atoms with E-state index in [1.165, 1.54) is 0 Å². The molecule has 0 aliphatic heterocycles. The Labute approximate surface area is 126 Å². The summed E-state index contributed by atoms with van der Waals surface area (Å²) in [6.45, 7) is 8.38. The van der Waals surface area contributed by atoms with Crippen LogP contribution >= 0.6 is 0 Å². The molecule has 0 saturated heterocycles. The highest BCUT2D eigenvalue weighted by Gasteiger charge is 2.17. The number of likely N-dealkylation sites (N-methyl/N-ethyl adjacent to an activating group) is 2. The molecule has 1 rings (SSSR count). The zero-order chi connectivity index (χ0) is 16.0. The number of rotatable bonds is 7. The first kappa shape index (κ1) is 16.9. The molecule has 8 heteroatoms. The van der Waals surface area contributed by atoms with Crippen LogP contribution in [0, 0.1) is 0 Å². The number of nitrogen functional groups attached to an aromatic ring is 1. The van der Waals surface area contributed by atoms with Gasteiger partial charge in [-0.15, -0.1) is 0 Å². The molecule has 0 aromatic carbocycles. The van der Waals surface area contributed by atoms with Gasteiger partial charge in [-0.05, 0) is 20.8 Å². The Balaban J connectivity index is 3.06. The normalized spacial score (nSPS) is 10.3. The van der Waals surface area contributed by atoms with E-state index in [4.69, 9.17) is 5.73 Å². The molecule has 0 spiro atoms. The second kappa shape index (κ2) is 7.61. The van der Waals surface area contributed by atoms with Crippen LogP contribution in [-0.4, -0.2) is 66.0 Å². The molecule has 0 saturated carbocycles. The van der Waals surface area contributed by atoms with Crippen molar-refractivity contribution in [3.05, 3.63) is 0 Å². The van der Waals surface area contributed by atoms with Crippen molar-refractivity contribution in [2.45, 2.75) is 20.8 Å². The van der Waals surface area contributed by atoms with E-state index in [9.17, 15) is 4.79 Å². The number of carbonyl (C=O) groups excluding carboxylic acids is 1. The first-order valence-corrected chi connectivity index (χ1v) is 7.14. The van der Waals surface area contributed by atoms with Crippen LogP contribution in [0.1, 0.15) is 20.8 Å². The van der Waals surface area contributed by atoms with Crippen LogP contribution in [0.15, 0.2) is 0 Å². The van der Waals surface area contributed by atoms with E-state index < -0.39 is 0 Å². The molecule has 8 nitrogen and oxygen atoms in total. The Kier molecular flexibility index (Phi) is 6.13. The maximum absolute atomic E-state index is 11.9. The maximum atomic E-state index is 11.9. The van der Waals surface area contributed by atoms with Gasteiger partial charge in [0.2, 0.25) is 23.8 Å². The molecular weight excluding hydrogens is 270 g/mol. The van der Waals surface area contributed by atoms with E-state index in [0.717, 1.165) is 13.1 Å². The molecule has 1 aromatic rings. The van der Waals surface area contributed by atoms with Crippen molar-refractivity contribution in [3.8, 4) is 0 Å². The van der Waals surface area contributed by atoms with Gasteiger partial charge in [-0.2, -0.15) is 15.0 Å². The van der Waals surface area contributed by atoms with Crippen molar-refractivity contribution in [2.75, 3.05) is 55.8 Å². The average Bonchev–Trinajstić information content (AvgIpc) is 2.45. The standard InChI is InChI=1S/C13H25N7O/c1-6-19(7-2)12-15-11(14)16-13(17-12)20(8-3)9-10(21)18(4)5/h6-9H2,1-5H3,(H2,14,15,16,17). The number of nitrogens with zero attached hydrogens (tertiary/aromatic N) is 6. The Hall–Kier alpha value is -2.12. The summed E-state index contributed by atoms with van der Waals surface area (Å²) in [6.07, 6.45) is 0. The minimum absolute atomic E-state index is 0.0137. The average molecular weight is 295 g/mol. The second-order valence-corrected chi connectivity index (χ2v) is 4.77. The Morgan fingerprint density at radius 3 is 1.86 bits per heavy atom. The molecular formula is C13H25N7O. The van der Waals surface area contributed by atoms with Crippen molar-refractivity contribution in [3.63, 3.8) is 0 Å². The van der Waals surface area contributed by atoms with Gasteiger partial charge in [-0.3, -0.25) is 4.79 Å². The molecule has 0 unspecified atom stereocenters. The summed E-state index contributed by atoms with van der Waals surface area (Å²) in [5.74, 6) is 1.12. The Morgan fingerprint density at radius 1 is 0.952 bits per heavy atom. The Bertz CT molecular complexity index is 474. The number of amides is 1. The number of aromatic nitrogens is 3. The summed E-state index contributed by atoms with van der Waals surface area (Å²) in [4.78, 5) is 29.9. The van der Waals surface area contributed by atoms with E-state index in [-0.39, 0.29) is 18.4 Å². The second-order valence-electron chi connectivity index (χ2n) is 4.77. The molecule has 0 bridgehead atoms. The van der Waals surface area contributed by atoms with E-state index in [1.807, 2.05) is 25.7 Å². The number of hydrogen-bond acceptors (Lipinski definition) is 7. The largest absolute Gasteiger partial charge is 0.368 e. The lowest BCUT2D eigenvalue weighted by Gasteiger charge is -2.24. The van der Waals surface area contributed by atoms with Crippen molar-refractivity contribution in [2.24, 2.45) is 0 Å². The van der Waals surface area contributed by atoms with Gasteiger partial charge in [0.1, 0.15) is 0 Å². The van der Waals surface area contributed by atoms with Gasteiger partial charge in [-0.25, -0.2) is 0 Å². The monoisotopic (exact) mass is 295 g/mol. The molecule has 0 atom stereocenters. The molecule has 21 heavy (non-hydrogen) atoms. The van der Waals surface area contributed by atoms with E-state index in [1.54, 1.807) is 23.9 Å². The molecule has 2 N–H and O–H groups in total. The van der Waals surface area contributed by atoms with Crippen LogP contribution in [0.4, 0.5) is 17.8 Å². The van der Waals surface area contributed by atoms with Crippen LogP contribution < -0.4 is 15.5 Å². The molecule has 1 heterocycles. The molecule has 118 valence electrons. The predicted octanol–water partition coefficient (Wildman–Crippen LogP) is 0.215. The minimum atomic E-state index is -0.0137. The molecule has 0 aliphatic rings. The summed E-state index contributed by atoms with van der Waals surface area (Å²) < 4.78 is 0. The summed E-state index contributed by atoms with van der Waals surface area (Å²) in [7, 11) is 3.44. The van der Waals surface area contributed by atoms with Crippen LogP contribution in [-0.2, 0) is 4.79 Å². The topological polar surface area (TPSA) is 91.5 Å². The first-order valence-electron chi connectivity index (χ1n) is 7.14. The van der Waals surface area contributed by atoms with Gasteiger partial charge in [0.25, 0.3) is 0 Å². The van der Waals surface area contributed by atoms with E-state index in [0.29, 0.717) is 18.4 Å². The zero-order valence-electron chi connectivity index (χ0n) is 13.5. The Morgan fingerprint density at radius 2 is 1.43 bits per heavy atom. The summed E-state index contributed by atoms with van der Waals surface area (Å²) in [5, 5.41) is 0. The first-order chi connectivity index (χ1) is 9.92. The third-order valence-corrected chi connectivity index (χ3v) is 3.16. The summed E-state index contributed by atoms with van der Waals surface area (Å²) in [5.41, 5.74) is 5.78. The van der Waals surface area contributed by atoms with Crippen molar-refractivity contribution in [1.82, 2.24) is 19.9 Å². The fourth-order valence-electron chi connectivity index (χ4n) is 1.79. The fraction of sp³-hybridized carbons (Fsp3) is 0.692. The number of hydrogen-bond donors (Lipinski definition) is 1. The SMILES string of the molecule is CCN(CC)c1nc(N)nc(N(CC)CC(=O)N(C)C)n1. The van der Waals surface area contributed by atoms with Crippen LogP contribution in [0.2, 0.25) is 0 Å². The number of carbonyl (C=O) groups is 1. The molecule has 1 aromatic heterocycles. The van der Waals surface area contributed by atoms with Crippen LogP contribution in [0.3, 0.4) is 0 Å². The van der Waals surface area contributed by atoms with Gasteiger partial charge >= 0.3 is 0 Å². The highest BCUT2D eigenvalue weighted by atomic mass is 16.2. The van der Waals surface area contributed by atoms with Gasteiger partial charge < -0.3 is 20.4 Å². The summed E-state index contributed by atoms with van der Waals surface area (Å²) >= 11 is 0. The molecule has 0 aliphatic carbocycles. The minimum Gasteiger partial charge on any atom is -0.368 e. The van der Waals surface area contributed by atoms with Crippen molar-refractivity contribution < 1.29 is 4.79 Å². The maximum Gasteiger partial charge on any atom is 0.241 e. The van der Waals surface area contributed by atoms with Crippen LogP contribution in [0.25, 0.3) is 0 Å². The third-order valence-electron chi connectivity index (χ3n) is 3.16. The lowest BCUT2D eigenvalue weighted by atomic mass is 10.4. The summed E-state index contributed by atoms with van der Waals surface area (Å²) in [6, 6.07) is 0. The van der Waals surface area contributed by atoms with Crippen LogP contribution in [0.5, 0.6) is 0 Å². The van der Waals surface area contributed by atoms with E-state index >= 15 is 0 Å². The molecule has 1 amide bonds. The lowest BCUT2D eigenvalue weighted by Crippen LogP contribution is -2.38. The smallest absolute Gasteiger partial charge is 0.241 e. The highest BCUT2D eigenvalue weighted by molar-refractivity contribution is 5.80.